The van der Waals surface area contributed by atoms with Crippen LogP contribution < -0.4 is 4.74 Å². The highest BCUT2D eigenvalue weighted by Crippen LogP contribution is 2.44. The predicted octanol–water partition coefficient (Wildman–Crippen LogP) is 4.91. The van der Waals surface area contributed by atoms with Gasteiger partial charge in [-0.15, -0.1) is 0 Å². The first-order chi connectivity index (χ1) is 15.9. The van der Waals surface area contributed by atoms with Crippen LogP contribution in [0.2, 0.25) is 0 Å². The van der Waals surface area contributed by atoms with Gasteiger partial charge in [0.1, 0.15) is 11.4 Å². The standard InChI is InChI=1S/C27H35NO5S/c1-18-19(2)25(20(3)22-11-12-26(4,5)33-24(18)22)34(31,32)28-15-13-27(14-16-28,17-23(29)30)21-9-7-6-8-10-21/h6-10H,11-17H2,1-5H3,(H,29,30). The van der Waals surface area contributed by atoms with Crippen LogP contribution in [0.5, 0.6) is 5.75 Å². The van der Waals surface area contributed by atoms with Crippen LogP contribution in [0, 0.1) is 20.8 Å². The van der Waals surface area contributed by atoms with Crippen LogP contribution >= 0.6 is 0 Å². The number of carbonyl (C=O) groups is 1. The van der Waals surface area contributed by atoms with E-state index in [2.05, 4.69) is 13.8 Å². The number of piperidine rings is 1. The summed E-state index contributed by atoms with van der Waals surface area (Å²) in [5.74, 6) is -0.0338. The van der Waals surface area contributed by atoms with Crippen molar-refractivity contribution in [3.63, 3.8) is 0 Å². The van der Waals surface area contributed by atoms with E-state index >= 15 is 0 Å². The minimum atomic E-state index is -3.74. The quantitative estimate of drug-likeness (QED) is 0.650. The van der Waals surface area contributed by atoms with Crippen molar-refractivity contribution >= 4 is 16.0 Å². The number of benzene rings is 2. The van der Waals surface area contributed by atoms with E-state index in [1.807, 2.05) is 51.1 Å². The number of fused-ring (bicyclic) bond motifs is 1. The normalized spacial score (nSPS) is 19.8. The number of carboxylic acid groups (broad SMARTS) is 1. The topological polar surface area (TPSA) is 83.9 Å². The lowest BCUT2D eigenvalue weighted by atomic mass is 9.71. The van der Waals surface area contributed by atoms with Gasteiger partial charge in [-0.2, -0.15) is 4.31 Å². The van der Waals surface area contributed by atoms with E-state index in [0.717, 1.165) is 46.4 Å². The molecule has 4 rings (SSSR count). The van der Waals surface area contributed by atoms with Gasteiger partial charge in [0.2, 0.25) is 10.0 Å². The van der Waals surface area contributed by atoms with Gasteiger partial charge in [0.05, 0.1) is 11.3 Å². The second kappa shape index (κ2) is 8.68. The van der Waals surface area contributed by atoms with Crippen molar-refractivity contribution in [1.29, 1.82) is 0 Å². The Morgan fingerprint density at radius 1 is 1.00 bits per heavy atom. The average molecular weight is 486 g/mol. The first-order valence-corrected chi connectivity index (χ1v) is 13.4. The molecule has 0 atom stereocenters. The Morgan fingerprint density at radius 3 is 2.21 bits per heavy atom. The molecule has 0 aliphatic carbocycles. The highest BCUT2D eigenvalue weighted by Gasteiger charge is 2.42. The molecule has 0 radical (unpaired) electrons. The minimum Gasteiger partial charge on any atom is -0.487 e. The van der Waals surface area contributed by atoms with Crippen LogP contribution in [0.1, 0.15) is 67.3 Å². The first kappa shape index (κ1) is 24.7. The first-order valence-electron chi connectivity index (χ1n) is 12.0. The summed E-state index contributed by atoms with van der Waals surface area (Å²) in [7, 11) is -3.74. The van der Waals surface area contributed by atoms with E-state index in [4.69, 9.17) is 4.74 Å². The van der Waals surface area contributed by atoms with Gasteiger partial charge in [-0.1, -0.05) is 30.3 Å². The molecule has 184 valence electrons. The fourth-order valence-corrected chi connectivity index (χ4v) is 7.64. The number of hydrogen-bond acceptors (Lipinski definition) is 4. The van der Waals surface area contributed by atoms with Gasteiger partial charge in [0.25, 0.3) is 0 Å². The van der Waals surface area contributed by atoms with Crippen LogP contribution in [-0.2, 0) is 26.7 Å². The maximum atomic E-state index is 13.9. The van der Waals surface area contributed by atoms with Gasteiger partial charge < -0.3 is 9.84 Å². The van der Waals surface area contributed by atoms with Gasteiger partial charge in [0.15, 0.2) is 0 Å². The molecule has 0 saturated carbocycles. The summed E-state index contributed by atoms with van der Waals surface area (Å²) < 4.78 is 35.7. The summed E-state index contributed by atoms with van der Waals surface area (Å²) in [6, 6.07) is 9.64. The van der Waals surface area contributed by atoms with Crippen LogP contribution in [0.3, 0.4) is 0 Å². The second-order valence-corrected chi connectivity index (χ2v) is 12.4. The number of nitrogens with zero attached hydrogens (tertiary/aromatic N) is 1. The third-order valence-electron chi connectivity index (χ3n) is 7.82. The van der Waals surface area contributed by atoms with Gasteiger partial charge in [0, 0.05) is 18.5 Å². The number of aliphatic carboxylic acids is 1. The van der Waals surface area contributed by atoms with E-state index in [0.29, 0.717) is 30.8 Å². The third kappa shape index (κ3) is 4.24. The highest BCUT2D eigenvalue weighted by atomic mass is 32.2. The zero-order valence-corrected chi connectivity index (χ0v) is 21.6. The Balaban J connectivity index is 1.68. The molecule has 2 aromatic carbocycles. The fraction of sp³-hybridized carbons (Fsp3) is 0.519. The van der Waals surface area contributed by atoms with Crippen LogP contribution in [0.4, 0.5) is 0 Å². The molecule has 0 spiro atoms. The smallest absolute Gasteiger partial charge is 0.304 e. The second-order valence-electron chi connectivity index (χ2n) is 10.5. The highest BCUT2D eigenvalue weighted by molar-refractivity contribution is 7.89. The molecular weight excluding hydrogens is 450 g/mol. The van der Waals surface area contributed by atoms with Crippen LogP contribution in [0.15, 0.2) is 35.2 Å². The molecule has 6 nitrogen and oxygen atoms in total. The molecule has 2 aromatic rings. The fourth-order valence-electron chi connectivity index (χ4n) is 5.67. The summed E-state index contributed by atoms with van der Waals surface area (Å²) in [5, 5.41) is 9.61. The Morgan fingerprint density at radius 2 is 1.62 bits per heavy atom. The SMILES string of the molecule is Cc1c(C)c(S(=O)(=O)N2CCC(CC(=O)O)(c3ccccc3)CC2)c(C)c2c1OC(C)(C)CC2. The Bertz CT molecular complexity index is 1210. The average Bonchev–Trinajstić information content (AvgIpc) is 2.77. The molecule has 2 aliphatic heterocycles. The van der Waals surface area contributed by atoms with Crippen LogP contribution in [-0.4, -0.2) is 42.5 Å². The summed E-state index contributed by atoms with van der Waals surface area (Å²) in [6.45, 7) is 10.4. The van der Waals surface area contributed by atoms with Crippen molar-refractivity contribution in [2.24, 2.45) is 0 Å². The molecular formula is C27H35NO5S. The van der Waals surface area contributed by atoms with E-state index < -0.39 is 21.4 Å². The predicted molar refractivity (Wildman–Crippen MR) is 132 cm³/mol. The largest absolute Gasteiger partial charge is 0.487 e. The lowest BCUT2D eigenvalue weighted by molar-refractivity contribution is -0.138. The molecule has 0 aromatic heterocycles. The molecule has 1 saturated heterocycles. The van der Waals surface area contributed by atoms with Gasteiger partial charge in [-0.05, 0) is 88.1 Å². The maximum absolute atomic E-state index is 13.9. The van der Waals surface area contributed by atoms with E-state index in [9.17, 15) is 18.3 Å². The summed E-state index contributed by atoms with van der Waals surface area (Å²) in [4.78, 5) is 12.1. The lowest BCUT2D eigenvalue weighted by Gasteiger charge is -2.41. The maximum Gasteiger partial charge on any atom is 0.304 e. The van der Waals surface area contributed by atoms with Gasteiger partial charge in [-0.3, -0.25) is 4.79 Å². The number of ether oxygens (including phenoxy) is 1. The molecule has 2 aliphatic rings. The molecule has 7 heteroatoms. The number of hydrogen-bond donors (Lipinski definition) is 1. The summed E-state index contributed by atoms with van der Waals surface area (Å²) in [5.41, 5.74) is 3.52. The zero-order chi connectivity index (χ0) is 24.9. The Labute approximate surface area is 203 Å². The minimum absolute atomic E-state index is 0.00592. The lowest BCUT2D eigenvalue weighted by Crippen LogP contribution is -2.46. The van der Waals surface area contributed by atoms with E-state index in [1.54, 1.807) is 4.31 Å². The molecule has 0 bridgehead atoms. The molecule has 0 unspecified atom stereocenters. The number of carboxylic acids is 1. The zero-order valence-electron chi connectivity index (χ0n) is 20.8. The monoisotopic (exact) mass is 485 g/mol. The molecule has 1 fully saturated rings. The van der Waals surface area contributed by atoms with Crippen molar-refractivity contribution in [2.75, 3.05) is 13.1 Å². The van der Waals surface area contributed by atoms with Gasteiger partial charge >= 0.3 is 5.97 Å². The van der Waals surface area contributed by atoms with Crippen molar-refractivity contribution in [3.05, 3.63) is 58.1 Å². The van der Waals surface area contributed by atoms with Crippen molar-refractivity contribution in [3.8, 4) is 5.75 Å². The Hall–Kier alpha value is -2.38. The summed E-state index contributed by atoms with van der Waals surface area (Å²) in [6.07, 6.45) is 2.56. The van der Waals surface area contributed by atoms with E-state index in [-0.39, 0.29) is 12.0 Å². The number of rotatable bonds is 5. The Kier molecular flexibility index (Phi) is 6.32. The molecule has 2 heterocycles. The van der Waals surface area contributed by atoms with Crippen molar-refractivity contribution in [1.82, 2.24) is 4.31 Å². The molecule has 0 amide bonds. The van der Waals surface area contributed by atoms with E-state index in [1.165, 1.54) is 0 Å². The summed E-state index contributed by atoms with van der Waals surface area (Å²) >= 11 is 0. The third-order valence-corrected chi connectivity index (χ3v) is 9.99. The molecule has 34 heavy (non-hydrogen) atoms. The van der Waals surface area contributed by atoms with Crippen LogP contribution in [0.25, 0.3) is 0 Å². The number of sulfonamides is 1. The van der Waals surface area contributed by atoms with Crippen molar-refractivity contribution < 1.29 is 23.1 Å². The van der Waals surface area contributed by atoms with Crippen molar-refractivity contribution in [2.45, 2.75) is 82.6 Å². The van der Waals surface area contributed by atoms with Gasteiger partial charge in [-0.25, -0.2) is 8.42 Å². The molecule has 1 N–H and O–H groups in total.